The molecule has 0 N–H and O–H groups in total. The van der Waals surface area contributed by atoms with E-state index in [0.29, 0.717) is 24.7 Å². The van der Waals surface area contributed by atoms with Crippen LogP contribution in [0.25, 0.3) is 21.5 Å². The number of hydrogen-bond donors (Lipinski definition) is 0. The normalized spacial score (nSPS) is 22.2. The second kappa shape index (κ2) is 4.58. The van der Waals surface area contributed by atoms with Gasteiger partial charge in [-0.25, -0.2) is 0 Å². The molecule has 5 rings (SSSR count). The van der Waals surface area contributed by atoms with Gasteiger partial charge in [0.2, 0.25) is 0 Å². The average Bonchev–Trinajstić information content (AvgIpc) is 3.20. The molecule has 0 saturated carbocycles. The van der Waals surface area contributed by atoms with E-state index in [1.54, 1.807) is 0 Å². The summed E-state index contributed by atoms with van der Waals surface area (Å²) in [5, 5.41) is 4.28. The average molecular weight is 343 g/mol. The molecule has 6 heteroatoms. The van der Waals surface area contributed by atoms with Gasteiger partial charge < -0.3 is 0 Å². The molecule has 1 fully saturated rings. The van der Waals surface area contributed by atoms with E-state index in [4.69, 9.17) is 18.1 Å². The predicted molar refractivity (Wildman–Crippen MR) is 95.2 cm³/mol. The summed E-state index contributed by atoms with van der Waals surface area (Å²) in [7, 11) is -0.0436. The van der Waals surface area contributed by atoms with E-state index in [-0.39, 0.29) is 0 Å². The fourth-order valence-electron chi connectivity index (χ4n) is 3.50. The molecule has 3 aromatic rings. The Morgan fingerprint density at radius 1 is 0.708 bits per heavy atom. The van der Waals surface area contributed by atoms with Gasteiger partial charge in [0.25, 0.3) is 0 Å². The molecule has 24 heavy (non-hydrogen) atoms. The summed E-state index contributed by atoms with van der Waals surface area (Å²) in [6.07, 6.45) is 0. The van der Waals surface area contributed by atoms with E-state index in [2.05, 4.69) is 12.1 Å². The monoisotopic (exact) mass is 343 g/mol. The van der Waals surface area contributed by atoms with E-state index >= 15 is 0 Å². The van der Waals surface area contributed by atoms with Crippen molar-refractivity contribution in [3.05, 3.63) is 48.5 Å². The third kappa shape index (κ3) is 1.63. The molecule has 5 nitrogen and oxygen atoms in total. The molecular weight excluding hydrogens is 325 g/mol. The van der Waals surface area contributed by atoms with Crippen LogP contribution >= 0.6 is 7.66 Å². The molecule has 2 aliphatic rings. The molecule has 0 aromatic heterocycles. The van der Waals surface area contributed by atoms with Crippen molar-refractivity contribution in [1.82, 2.24) is 4.67 Å². The Morgan fingerprint density at radius 3 is 1.54 bits per heavy atom. The van der Waals surface area contributed by atoms with Gasteiger partial charge in [0.05, 0.1) is 0 Å². The number of benzene rings is 3. The molecule has 0 amide bonds. The summed E-state index contributed by atoms with van der Waals surface area (Å²) in [5.74, 6) is 1.41. The van der Waals surface area contributed by atoms with Crippen molar-refractivity contribution in [2.45, 2.75) is 0 Å². The van der Waals surface area contributed by atoms with Crippen molar-refractivity contribution < 1.29 is 18.1 Å². The summed E-state index contributed by atoms with van der Waals surface area (Å²) in [5.41, 5.74) is 0. The molecule has 0 radical (unpaired) electrons. The van der Waals surface area contributed by atoms with Crippen LogP contribution < -0.4 is 9.05 Å². The maximum absolute atomic E-state index is 6.42. The Balaban J connectivity index is 1.89. The third-order valence-electron chi connectivity index (χ3n) is 4.68. The second-order valence-corrected chi connectivity index (χ2v) is 9.45. The van der Waals surface area contributed by atoms with Crippen LogP contribution in [0.4, 0.5) is 0 Å². The predicted octanol–water partition coefficient (Wildman–Crippen LogP) is 4.50. The topological polar surface area (TPSA) is 40.2 Å². The Bertz CT molecular complexity index is 913. The quantitative estimate of drug-likeness (QED) is 0.481. The van der Waals surface area contributed by atoms with Gasteiger partial charge in [-0.2, -0.15) is 0 Å². The number of hydrogen-bond acceptors (Lipinski definition) is 5. The van der Waals surface area contributed by atoms with Gasteiger partial charge in [-0.15, -0.1) is 0 Å². The van der Waals surface area contributed by atoms with Crippen molar-refractivity contribution in [2.24, 2.45) is 0 Å². The van der Waals surface area contributed by atoms with Crippen molar-refractivity contribution in [2.75, 3.05) is 27.3 Å². The zero-order valence-electron chi connectivity index (χ0n) is 13.6. The van der Waals surface area contributed by atoms with Crippen LogP contribution in [0, 0.1) is 0 Å². The van der Waals surface area contributed by atoms with Gasteiger partial charge >= 0.3 is 139 Å². The van der Waals surface area contributed by atoms with Gasteiger partial charge in [0.15, 0.2) is 0 Å². The van der Waals surface area contributed by atoms with Crippen molar-refractivity contribution in [3.8, 4) is 11.5 Å². The van der Waals surface area contributed by atoms with Gasteiger partial charge in [-0.3, -0.25) is 0 Å². The third-order valence-corrected chi connectivity index (χ3v) is 8.19. The molecule has 1 saturated heterocycles. The van der Waals surface area contributed by atoms with Crippen molar-refractivity contribution in [1.29, 1.82) is 0 Å². The van der Waals surface area contributed by atoms with Crippen molar-refractivity contribution >= 4 is 29.2 Å². The summed E-state index contributed by atoms with van der Waals surface area (Å²) in [6, 6.07) is 16.4. The standard InChI is InChI=1S/C18H18NO4P/c1-19(2)24(20-11-12-21-24)22-17-15-9-5-3-7-13(15)14-8-4-6-10-16(14)18(17)23-24/h3-10H,11-12H2,1-2H3. The van der Waals surface area contributed by atoms with Crippen LogP contribution in [0.3, 0.4) is 0 Å². The van der Waals surface area contributed by atoms with Crippen LogP contribution in [0.15, 0.2) is 48.5 Å². The van der Waals surface area contributed by atoms with E-state index in [9.17, 15) is 0 Å². The summed E-state index contributed by atoms with van der Waals surface area (Å²) >= 11 is 0. The molecule has 3 aromatic carbocycles. The van der Waals surface area contributed by atoms with Crippen LogP contribution in [-0.4, -0.2) is 32.0 Å². The molecule has 2 heterocycles. The minimum absolute atomic E-state index is 0.458. The maximum atomic E-state index is 6.42. The molecular formula is C18H18NO4P. The zero-order valence-corrected chi connectivity index (χ0v) is 14.5. The van der Waals surface area contributed by atoms with E-state index in [0.717, 1.165) is 21.5 Å². The van der Waals surface area contributed by atoms with E-state index < -0.39 is 7.66 Å². The first-order valence-corrected chi connectivity index (χ1v) is 9.83. The molecule has 2 aliphatic heterocycles. The van der Waals surface area contributed by atoms with E-state index in [1.165, 1.54) is 0 Å². The van der Waals surface area contributed by atoms with Crippen molar-refractivity contribution in [3.63, 3.8) is 0 Å². The molecule has 0 bridgehead atoms. The van der Waals surface area contributed by atoms with Gasteiger partial charge in [-0.1, -0.05) is 0 Å². The number of nitrogens with zero attached hydrogens (tertiary/aromatic N) is 1. The van der Waals surface area contributed by atoms with Gasteiger partial charge in [-0.05, 0) is 0 Å². The van der Waals surface area contributed by atoms with Crippen LogP contribution in [0.5, 0.6) is 11.5 Å². The first-order chi connectivity index (χ1) is 11.6. The molecule has 0 atom stereocenters. The molecule has 124 valence electrons. The van der Waals surface area contributed by atoms with E-state index in [1.807, 2.05) is 55.2 Å². The van der Waals surface area contributed by atoms with Crippen LogP contribution in [-0.2, 0) is 9.05 Å². The fourth-order valence-corrected chi connectivity index (χ4v) is 6.34. The second-order valence-electron chi connectivity index (χ2n) is 6.22. The Labute approximate surface area is 140 Å². The summed E-state index contributed by atoms with van der Waals surface area (Å²) in [6.45, 7) is 0.916. The first kappa shape index (κ1) is 14.4. The van der Waals surface area contributed by atoms with Crippen LogP contribution in [0.2, 0.25) is 0 Å². The van der Waals surface area contributed by atoms with Gasteiger partial charge in [0, 0.05) is 0 Å². The fraction of sp³-hybridized carbons (Fsp3) is 0.222. The zero-order chi connectivity index (χ0) is 16.4. The summed E-state index contributed by atoms with van der Waals surface area (Å²) in [4.78, 5) is 0. The first-order valence-electron chi connectivity index (χ1n) is 7.97. The summed E-state index contributed by atoms with van der Waals surface area (Å²) < 4.78 is 26.7. The molecule has 1 spiro atoms. The number of fused-ring (bicyclic) bond motifs is 6. The SMILES string of the molecule is CN(C)P12(OCCO1)Oc1c(c3ccccc3c3ccccc13)O2. The van der Waals surface area contributed by atoms with Gasteiger partial charge in [0.1, 0.15) is 0 Å². The Hall–Kier alpha value is -1.91. The van der Waals surface area contributed by atoms with Crippen LogP contribution in [0.1, 0.15) is 0 Å². The number of rotatable bonds is 1. The minimum atomic E-state index is -3.79. The Kier molecular flexibility index (Phi) is 2.76. The molecule has 0 aliphatic carbocycles. The molecule has 0 unspecified atom stereocenters. The Morgan fingerprint density at radius 2 is 1.12 bits per heavy atom.